The Bertz CT molecular complexity index is 1410. The zero-order valence-electron chi connectivity index (χ0n) is 23.7. The van der Waals surface area contributed by atoms with Crippen LogP contribution in [0, 0.1) is 17.8 Å². The summed E-state index contributed by atoms with van der Waals surface area (Å²) in [7, 11) is -3.83. The number of amides is 2. The van der Waals surface area contributed by atoms with Crippen molar-refractivity contribution in [3.05, 3.63) is 62.6 Å². The van der Waals surface area contributed by atoms with Crippen LogP contribution in [-0.4, -0.2) is 86.3 Å². The van der Waals surface area contributed by atoms with Crippen molar-refractivity contribution in [3.63, 3.8) is 0 Å². The van der Waals surface area contributed by atoms with Gasteiger partial charge in [0.25, 0.3) is 0 Å². The summed E-state index contributed by atoms with van der Waals surface area (Å²) in [4.78, 5) is 33.6. The van der Waals surface area contributed by atoms with Gasteiger partial charge in [0.15, 0.2) is 0 Å². The summed E-state index contributed by atoms with van der Waals surface area (Å²) in [6, 6.07) is 13.5. The fourth-order valence-corrected chi connectivity index (χ4v) is 9.02. The minimum absolute atomic E-state index is 0.00961. The van der Waals surface area contributed by atoms with Crippen molar-refractivity contribution in [3.8, 4) is 0 Å². The Balaban J connectivity index is 1.00. The van der Waals surface area contributed by atoms with Gasteiger partial charge in [-0.3, -0.25) is 9.59 Å². The van der Waals surface area contributed by atoms with Crippen LogP contribution in [0.5, 0.6) is 0 Å². The molecule has 1 aromatic heterocycles. The summed E-state index contributed by atoms with van der Waals surface area (Å²) in [5.74, 6) is 1.51. The van der Waals surface area contributed by atoms with E-state index in [1.807, 2.05) is 4.90 Å². The summed E-state index contributed by atoms with van der Waals surface area (Å²) < 4.78 is 28.4. The predicted molar refractivity (Wildman–Crippen MR) is 166 cm³/mol. The molecule has 226 valence electrons. The third-order valence-corrected chi connectivity index (χ3v) is 11.6. The molecule has 4 heterocycles. The molecule has 8 nitrogen and oxygen atoms in total. The Hall–Kier alpha value is -2.24. The standard InChI is InChI=1S/C31H39ClN4O4S2/c32-29-9-8-25(41-29)12-16-42(39,40)33-27-7-4-13-35(31(27)38)21-30(37)36-19-24-18-26(24)28(36)20-34-14-10-23(11-15-34)17-22-5-2-1-3-6-22/h1-3,5-6,8-9,12,16,23-24,26-28,33H,4,7,10-11,13-15,17-21H2/t24?,26?,27-,28?/m0/s1. The number of nitrogens with one attached hydrogen (secondary N) is 1. The Kier molecular flexibility index (Phi) is 9.07. The predicted octanol–water partition coefficient (Wildman–Crippen LogP) is 4.08. The molecule has 2 amide bonds. The monoisotopic (exact) mass is 630 g/mol. The van der Waals surface area contributed by atoms with Gasteiger partial charge in [-0.05, 0) is 93.1 Å². The zero-order chi connectivity index (χ0) is 29.3. The second-order valence-corrected chi connectivity index (χ2v) is 15.6. The maximum atomic E-state index is 13.5. The molecule has 3 aliphatic heterocycles. The van der Waals surface area contributed by atoms with E-state index in [2.05, 4.69) is 40.0 Å². The van der Waals surface area contributed by atoms with Gasteiger partial charge in [-0.2, -0.15) is 4.72 Å². The molecule has 1 saturated carbocycles. The fraction of sp³-hybridized carbons (Fsp3) is 0.548. The van der Waals surface area contributed by atoms with Gasteiger partial charge in [-0.15, -0.1) is 11.3 Å². The SMILES string of the molecule is O=C1[C@@H](NS(=O)(=O)C=Cc2ccc(Cl)s2)CCCN1CC(=O)N1CC2CC2C1CN1CCC(Cc2ccccc2)CC1. The molecule has 3 unspecified atom stereocenters. The van der Waals surface area contributed by atoms with Crippen LogP contribution in [-0.2, 0) is 26.0 Å². The minimum Gasteiger partial charge on any atom is -0.336 e. The number of hydrogen-bond donors (Lipinski definition) is 1. The van der Waals surface area contributed by atoms with Crippen LogP contribution in [0.15, 0.2) is 47.9 Å². The number of benzene rings is 1. The molecule has 11 heteroatoms. The van der Waals surface area contributed by atoms with E-state index >= 15 is 0 Å². The van der Waals surface area contributed by atoms with Crippen molar-refractivity contribution < 1.29 is 18.0 Å². The van der Waals surface area contributed by atoms with Gasteiger partial charge in [0, 0.05) is 36.0 Å². The quantitative estimate of drug-likeness (QED) is 0.427. The maximum Gasteiger partial charge on any atom is 0.242 e. The molecule has 4 aliphatic rings. The van der Waals surface area contributed by atoms with E-state index in [0.29, 0.717) is 46.4 Å². The topological polar surface area (TPSA) is 90.0 Å². The summed E-state index contributed by atoms with van der Waals surface area (Å²) in [5, 5.41) is 1.07. The van der Waals surface area contributed by atoms with E-state index < -0.39 is 16.1 Å². The first-order valence-corrected chi connectivity index (χ1v) is 17.8. The number of carbonyl (C=O) groups excluding carboxylic acids is 2. The Morgan fingerprint density at radius 2 is 1.86 bits per heavy atom. The summed E-state index contributed by atoms with van der Waals surface area (Å²) >= 11 is 7.20. The van der Waals surface area contributed by atoms with Gasteiger partial charge in [0.05, 0.1) is 10.9 Å². The fourth-order valence-electron chi connectivity index (χ4n) is 6.95. The van der Waals surface area contributed by atoms with E-state index in [4.69, 9.17) is 11.6 Å². The van der Waals surface area contributed by atoms with Gasteiger partial charge < -0.3 is 14.7 Å². The number of halogens is 1. The second-order valence-electron chi connectivity index (χ2n) is 12.3. The molecule has 4 atom stereocenters. The van der Waals surface area contributed by atoms with Gasteiger partial charge >= 0.3 is 0 Å². The number of fused-ring (bicyclic) bond motifs is 1. The van der Waals surface area contributed by atoms with Crippen molar-refractivity contribution in [2.45, 2.75) is 50.6 Å². The normalized spacial score (nSPS) is 27.1. The molecule has 0 bridgehead atoms. The van der Waals surface area contributed by atoms with Crippen LogP contribution in [0.2, 0.25) is 4.34 Å². The van der Waals surface area contributed by atoms with Gasteiger partial charge in [-0.25, -0.2) is 8.42 Å². The molecule has 1 aliphatic carbocycles. The van der Waals surface area contributed by atoms with Crippen molar-refractivity contribution in [2.24, 2.45) is 17.8 Å². The molecule has 0 radical (unpaired) electrons. The van der Waals surface area contributed by atoms with E-state index in [9.17, 15) is 18.0 Å². The molecule has 1 N–H and O–H groups in total. The molecular weight excluding hydrogens is 592 g/mol. The van der Waals surface area contributed by atoms with Crippen molar-refractivity contribution >= 4 is 50.9 Å². The van der Waals surface area contributed by atoms with Gasteiger partial charge in [0.2, 0.25) is 21.8 Å². The smallest absolute Gasteiger partial charge is 0.242 e. The van der Waals surface area contributed by atoms with Crippen LogP contribution in [0.4, 0.5) is 0 Å². The number of carbonyl (C=O) groups is 2. The highest BCUT2D eigenvalue weighted by atomic mass is 35.5. The number of thiophene rings is 1. The first-order chi connectivity index (χ1) is 20.2. The lowest BCUT2D eigenvalue weighted by molar-refractivity contribution is -0.144. The maximum absolute atomic E-state index is 13.5. The van der Waals surface area contributed by atoms with Crippen LogP contribution in [0.3, 0.4) is 0 Å². The number of sulfonamides is 1. The number of piperidine rings is 3. The summed E-state index contributed by atoms with van der Waals surface area (Å²) in [5.41, 5.74) is 1.41. The van der Waals surface area contributed by atoms with Crippen molar-refractivity contribution in [2.75, 3.05) is 39.3 Å². The average Bonchev–Trinajstić information content (AvgIpc) is 3.48. The first kappa shape index (κ1) is 29.8. The van der Waals surface area contributed by atoms with Crippen LogP contribution in [0.1, 0.15) is 42.5 Å². The number of likely N-dealkylation sites (tertiary alicyclic amines) is 3. The lowest BCUT2D eigenvalue weighted by Gasteiger charge is -2.38. The number of hydrogen-bond acceptors (Lipinski definition) is 6. The summed E-state index contributed by atoms with van der Waals surface area (Å²) in [6.07, 6.45) is 7.21. The van der Waals surface area contributed by atoms with Gasteiger partial charge in [0.1, 0.15) is 6.04 Å². The summed E-state index contributed by atoms with van der Waals surface area (Å²) in [6.45, 7) is 4.28. The third-order valence-electron chi connectivity index (χ3n) is 9.31. The third kappa shape index (κ3) is 7.27. The largest absolute Gasteiger partial charge is 0.336 e. The molecule has 3 saturated heterocycles. The highest BCUT2D eigenvalue weighted by molar-refractivity contribution is 7.92. The van der Waals surface area contributed by atoms with Crippen LogP contribution < -0.4 is 4.72 Å². The van der Waals surface area contributed by atoms with Crippen molar-refractivity contribution in [1.82, 2.24) is 19.4 Å². The van der Waals surface area contributed by atoms with Crippen LogP contribution >= 0.6 is 22.9 Å². The Labute approximate surface area is 257 Å². The van der Waals surface area contributed by atoms with E-state index in [1.54, 1.807) is 12.1 Å². The number of rotatable bonds is 10. The molecule has 1 aromatic carbocycles. The van der Waals surface area contributed by atoms with Crippen molar-refractivity contribution in [1.29, 1.82) is 0 Å². The second kappa shape index (κ2) is 12.8. The zero-order valence-corrected chi connectivity index (χ0v) is 26.1. The highest BCUT2D eigenvalue weighted by Crippen LogP contribution is 2.50. The molecule has 2 aromatic rings. The van der Waals surface area contributed by atoms with E-state index in [0.717, 1.165) is 38.0 Å². The Morgan fingerprint density at radius 3 is 2.60 bits per heavy atom. The number of nitrogens with zero attached hydrogens (tertiary/aromatic N) is 3. The minimum atomic E-state index is -3.83. The molecular formula is C31H39ClN4O4S2. The molecule has 4 fully saturated rings. The molecule has 42 heavy (non-hydrogen) atoms. The Morgan fingerprint density at radius 1 is 1.07 bits per heavy atom. The van der Waals surface area contributed by atoms with Crippen LogP contribution in [0.25, 0.3) is 6.08 Å². The lowest BCUT2D eigenvalue weighted by atomic mass is 9.90. The van der Waals surface area contributed by atoms with E-state index in [1.165, 1.54) is 47.1 Å². The van der Waals surface area contributed by atoms with E-state index in [-0.39, 0.29) is 24.4 Å². The first-order valence-electron chi connectivity index (χ1n) is 15.0. The highest BCUT2D eigenvalue weighted by Gasteiger charge is 2.54. The molecule has 6 rings (SSSR count). The lowest BCUT2D eigenvalue weighted by Crippen LogP contribution is -2.55. The van der Waals surface area contributed by atoms with Gasteiger partial charge in [-0.1, -0.05) is 41.9 Å². The average molecular weight is 631 g/mol. The molecule has 0 spiro atoms.